The van der Waals surface area contributed by atoms with E-state index in [1.54, 1.807) is 26.5 Å². The zero-order chi connectivity index (χ0) is 25.0. The molecule has 2 atom stereocenters. The van der Waals surface area contributed by atoms with Gasteiger partial charge in [-0.2, -0.15) is 5.26 Å². The molecule has 36 heavy (non-hydrogen) atoms. The van der Waals surface area contributed by atoms with Crippen LogP contribution in [-0.4, -0.2) is 33.0 Å². The maximum atomic E-state index is 9.49. The molecule has 0 amide bonds. The van der Waals surface area contributed by atoms with Crippen molar-refractivity contribution in [3.63, 3.8) is 0 Å². The number of fused-ring (bicyclic) bond motifs is 6. The molecule has 3 heterocycles. The number of ether oxygens (including phenoxy) is 4. The molecule has 7 nitrogen and oxygen atoms in total. The van der Waals surface area contributed by atoms with Gasteiger partial charge in [0.1, 0.15) is 0 Å². The van der Waals surface area contributed by atoms with E-state index in [4.69, 9.17) is 18.9 Å². The Hall–Kier alpha value is -4.44. The molecular formula is C29H25N3O4. The molecule has 0 saturated carbocycles. The van der Waals surface area contributed by atoms with Crippen molar-refractivity contribution in [2.45, 2.75) is 18.9 Å². The molecule has 0 fully saturated rings. The zero-order valence-electron chi connectivity index (χ0n) is 20.5. The van der Waals surface area contributed by atoms with E-state index in [0.717, 1.165) is 50.3 Å². The number of nitriles is 1. The van der Waals surface area contributed by atoms with Crippen molar-refractivity contribution < 1.29 is 18.9 Å². The summed E-state index contributed by atoms with van der Waals surface area (Å²) in [5, 5.41) is 11.6. The van der Waals surface area contributed by atoms with Gasteiger partial charge in [0, 0.05) is 41.4 Å². The lowest BCUT2D eigenvalue weighted by molar-refractivity contribution is 0.174. The van der Waals surface area contributed by atoms with Crippen LogP contribution in [0.1, 0.15) is 35.7 Å². The Labute approximate surface area is 209 Å². The predicted molar refractivity (Wildman–Crippen MR) is 137 cm³/mol. The lowest BCUT2D eigenvalue weighted by atomic mass is 9.80. The average Bonchev–Trinajstić information content (AvgIpc) is 3.38. The monoisotopic (exact) mass is 479 g/mol. The fourth-order valence-electron chi connectivity index (χ4n) is 5.62. The number of hydrogen-bond donors (Lipinski definition) is 0. The maximum Gasteiger partial charge on any atom is 0.231 e. The fourth-order valence-corrected chi connectivity index (χ4v) is 5.62. The standard InChI is InChI=1S/C29H25N3O4/c1-16(22-11-17(14-30)9-10-31-22)27-26-19(7-8-23(33-3)29(26)34-4)20-6-5-18-12-24-25(36-15-35-24)13-21(18)28(20)32(27)2/h5-13,16,27H,15H2,1-4H3/t16-,27-/m1/s1. The summed E-state index contributed by atoms with van der Waals surface area (Å²) in [4.78, 5) is 6.93. The third-order valence-corrected chi connectivity index (χ3v) is 7.27. The van der Waals surface area contributed by atoms with Crippen LogP contribution in [0.2, 0.25) is 0 Å². The summed E-state index contributed by atoms with van der Waals surface area (Å²) in [7, 11) is 5.42. The van der Waals surface area contributed by atoms with Crippen molar-refractivity contribution in [2.24, 2.45) is 0 Å². The van der Waals surface area contributed by atoms with Gasteiger partial charge in [-0.25, -0.2) is 0 Å². The molecular weight excluding hydrogens is 454 g/mol. The van der Waals surface area contributed by atoms with Crippen molar-refractivity contribution in [2.75, 3.05) is 33.0 Å². The van der Waals surface area contributed by atoms with Crippen LogP contribution in [0.15, 0.2) is 54.7 Å². The van der Waals surface area contributed by atoms with Gasteiger partial charge in [-0.1, -0.05) is 19.1 Å². The summed E-state index contributed by atoms with van der Waals surface area (Å²) in [6.07, 6.45) is 1.70. The van der Waals surface area contributed by atoms with E-state index in [1.807, 2.05) is 18.2 Å². The number of hydrogen-bond acceptors (Lipinski definition) is 7. The molecule has 2 aliphatic rings. The smallest absolute Gasteiger partial charge is 0.231 e. The highest BCUT2D eigenvalue weighted by atomic mass is 16.7. The molecule has 180 valence electrons. The normalized spacial score (nSPS) is 16.2. The summed E-state index contributed by atoms with van der Waals surface area (Å²) < 4.78 is 23.0. The first-order chi connectivity index (χ1) is 17.5. The molecule has 0 N–H and O–H groups in total. The quantitative estimate of drug-likeness (QED) is 0.365. The van der Waals surface area contributed by atoms with Gasteiger partial charge in [0.15, 0.2) is 23.0 Å². The van der Waals surface area contributed by atoms with Crippen LogP contribution in [0, 0.1) is 11.3 Å². The molecule has 1 aromatic heterocycles. The Balaban J connectivity index is 1.64. The van der Waals surface area contributed by atoms with Crippen molar-refractivity contribution in [3.8, 4) is 40.2 Å². The minimum atomic E-state index is -0.144. The van der Waals surface area contributed by atoms with Crippen LogP contribution in [0.5, 0.6) is 23.0 Å². The molecule has 0 bridgehead atoms. The Kier molecular flexibility index (Phi) is 5.11. The second-order valence-corrected chi connectivity index (χ2v) is 9.08. The first-order valence-electron chi connectivity index (χ1n) is 11.8. The number of rotatable bonds is 4. The molecule has 0 unspecified atom stereocenters. The highest BCUT2D eigenvalue weighted by Gasteiger charge is 2.38. The van der Waals surface area contributed by atoms with E-state index in [9.17, 15) is 5.26 Å². The lowest BCUT2D eigenvalue weighted by Gasteiger charge is -2.42. The van der Waals surface area contributed by atoms with Crippen molar-refractivity contribution >= 4 is 16.5 Å². The number of nitrogens with zero attached hydrogens (tertiary/aromatic N) is 3. The van der Waals surface area contributed by atoms with Gasteiger partial charge in [0.05, 0.1) is 37.6 Å². The van der Waals surface area contributed by atoms with Crippen molar-refractivity contribution in [1.29, 1.82) is 5.26 Å². The molecule has 0 saturated heterocycles. The molecule has 0 aliphatic carbocycles. The van der Waals surface area contributed by atoms with Gasteiger partial charge in [0.25, 0.3) is 0 Å². The van der Waals surface area contributed by atoms with E-state index in [-0.39, 0.29) is 18.8 Å². The largest absolute Gasteiger partial charge is 0.493 e. The Bertz CT molecular complexity index is 1560. The maximum absolute atomic E-state index is 9.49. The number of methoxy groups -OCH3 is 2. The van der Waals surface area contributed by atoms with Gasteiger partial charge in [0.2, 0.25) is 6.79 Å². The van der Waals surface area contributed by atoms with Gasteiger partial charge in [-0.3, -0.25) is 4.98 Å². The highest BCUT2D eigenvalue weighted by molar-refractivity contribution is 6.05. The van der Waals surface area contributed by atoms with Crippen LogP contribution in [-0.2, 0) is 0 Å². The first-order valence-corrected chi connectivity index (χ1v) is 11.8. The van der Waals surface area contributed by atoms with Gasteiger partial charge in [-0.15, -0.1) is 0 Å². The van der Waals surface area contributed by atoms with E-state index < -0.39 is 0 Å². The fraction of sp³-hybridized carbons (Fsp3) is 0.241. The minimum absolute atomic E-state index is 0.0690. The van der Waals surface area contributed by atoms with Gasteiger partial charge >= 0.3 is 0 Å². The number of aromatic nitrogens is 1. The van der Waals surface area contributed by atoms with E-state index >= 15 is 0 Å². The van der Waals surface area contributed by atoms with Crippen LogP contribution in [0.3, 0.4) is 0 Å². The zero-order valence-corrected chi connectivity index (χ0v) is 20.5. The molecule has 4 aromatic rings. The van der Waals surface area contributed by atoms with Crippen LogP contribution < -0.4 is 23.8 Å². The second-order valence-electron chi connectivity index (χ2n) is 9.08. The molecule has 7 heteroatoms. The Morgan fingerprint density at radius 3 is 2.56 bits per heavy atom. The first kappa shape index (κ1) is 22.1. The van der Waals surface area contributed by atoms with Gasteiger partial charge < -0.3 is 23.8 Å². The molecule has 3 aromatic carbocycles. The van der Waals surface area contributed by atoms with E-state index in [0.29, 0.717) is 17.1 Å². The lowest BCUT2D eigenvalue weighted by Crippen LogP contribution is -2.33. The van der Waals surface area contributed by atoms with Crippen LogP contribution in [0.25, 0.3) is 21.9 Å². The van der Waals surface area contributed by atoms with Crippen LogP contribution in [0.4, 0.5) is 5.69 Å². The summed E-state index contributed by atoms with van der Waals surface area (Å²) in [5.41, 5.74) is 5.72. The van der Waals surface area contributed by atoms with Gasteiger partial charge in [-0.05, 0) is 47.3 Å². The predicted octanol–water partition coefficient (Wildman–Crippen LogP) is 5.81. The number of anilines is 1. The molecule has 6 rings (SSSR count). The summed E-state index contributed by atoms with van der Waals surface area (Å²) in [5.74, 6) is 2.81. The Morgan fingerprint density at radius 2 is 1.81 bits per heavy atom. The van der Waals surface area contributed by atoms with E-state index in [2.05, 4.69) is 54.2 Å². The molecule has 0 radical (unpaired) electrons. The third-order valence-electron chi connectivity index (χ3n) is 7.27. The minimum Gasteiger partial charge on any atom is -0.493 e. The van der Waals surface area contributed by atoms with E-state index in [1.165, 1.54) is 0 Å². The number of benzene rings is 3. The molecule has 0 spiro atoms. The SMILES string of the molecule is COc1ccc2c(c1OC)[C@@H]([C@H](C)c1cc(C#N)ccn1)N(C)c1c-2ccc2cc3c(cc12)OCO3. The van der Waals surface area contributed by atoms with Crippen LogP contribution >= 0.6 is 0 Å². The number of pyridine rings is 1. The summed E-state index contributed by atoms with van der Waals surface area (Å²) in [6, 6.07) is 18.1. The van der Waals surface area contributed by atoms with Crippen molar-refractivity contribution in [3.05, 3.63) is 71.5 Å². The second kappa shape index (κ2) is 8.35. The Morgan fingerprint density at radius 1 is 1.03 bits per heavy atom. The topological polar surface area (TPSA) is 76.8 Å². The summed E-state index contributed by atoms with van der Waals surface area (Å²) >= 11 is 0. The number of likely N-dealkylation sites (N-methyl/N-ethyl adjacent to an activating group) is 1. The highest BCUT2D eigenvalue weighted by Crippen LogP contribution is 2.56. The summed E-state index contributed by atoms with van der Waals surface area (Å²) in [6.45, 7) is 2.36. The van der Waals surface area contributed by atoms with Crippen molar-refractivity contribution in [1.82, 2.24) is 4.98 Å². The average molecular weight is 480 g/mol. The molecule has 2 aliphatic heterocycles. The third kappa shape index (κ3) is 3.14.